The lowest BCUT2D eigenvalue weighted by Crippen LogP contribution is -1.91. The van der Waals surface area contributed by atoms with Gasteiger partial charge in [0.2, 0.25) is 0 Å². The Hall–Kier alpha value is -1.84. The first kappa shape index (κ1) is 12.2. The normalized spacial score (nSPS) is 10.8. The molecule has 0 amide bonds. The molecule has 19 heavy (non-hydrogen) atoms. The zero-order valence-corrected chi connectivity index (χ0v) is 11.2. The van der Waals surface area contributed by atoms with Crippen molar-refractivity contribution in [3.63, 3.8) is 0 Å². The van der Waals surface area contributed by atoms with Crippen LogP contribution in [0.15, 0.2) is 42.6 Å². The van der Waals surface area contributed by atoms with Gasteiger partial charge in [-0.3, -0.25) is 0 Å². The van der Waals surface area contributed by atoms with Crippen LogP contribution >= 0.6 is 23.2 Å². The van der Waals surface area contributed by atoms with Gasteiger partial charge in [-0.15, -0.1) is 0 Å². The van der Waals surface area contributed by atoms with E-state index in [2.05, 4.69) is 9.97 Å². The second-order valence-electron chi connectivity index (χ2n) is 4.01. The maximum Gasteiger partial charge on any atom is 0.157 e. The van der Waals surface area contributed by atoms with Crippen molar-refractivity contribution in [3.8, 4) is 17.0 Å². The van der Waals surface area contributed by atoms with Crippen LogP contribution in [0.1, 0.15) is 0 Å². The van der Waals surface area contributed by atoms with E-state index < -0.39 is 0 Å². The van der Waals surface area contributed by atoms with E-state index in [1.165, 1.54) is 6.20 Å². The molecule has 0 fully saturated rings. The van der Waals surface area contributed by atoms with Crippen LogP contribution in [0.4, 0.5) is 0 Å². The highest BCUT2D eigenvalue weighted by Gasteiger charge is 2.15. The van der Waals surface area contributed by atoms with Crippen molar-refractivity contribution in [1.82, 2.24) is 9.97 Å². The van der Waals surface area contributed by atoms with E-state index in [9.17, 15) is 5.11 Å². The number of rotatable bonds is 1. The zero-order chi connectivity index (χ0) is 13.4. The number of nitrogens with zero attached hydrogens (tertiary/aromatic N) is 2. The third kappa shape index (κ3) is 2.11. The largest absolute Gasteiger partial charge is 0.507 e. The van der Waals surface area contributed by atoms with Crippen molar-refractivity contribution in [3.05, 3.63) is 52.9 Å². The molecule has 3 nitrogen and oxygen atoms in total. The molecule has 1 heterocycles. The van der Waals surface area contributed by atoms with E-state index >= 15 is 0 Å². The van der Waals surface area contributed by atoms with Crippen molar-refractivity contribution in [2.75, 3.05) is 0 Å². The average Bonchev–Trinajstić information content (AvgIpc) is 2.40. The molecule has 0 unspecified atom stereocenters. The number of fused-ring (bicyclic) bond motifs is 1. The zero-order valence-electron chi connectivity index (χ0n) is 9.64. The Kier molecular flexibility index (Phi) is 3.01. The molecule has 0 radical (unpaired) electrons. The summed E-state index contributed by atoms with van der Waals surface area (Å²) in [6.07, 6.45) is 1.41. The molecule has 5 heteroatoms. The molecule has 1 N–H and O–H groups in total. The van der Waals surface area contributed by atoms with Gasteiger partial charge < -0.3 is 5.11 Å². The maximum atomic E-state index is 10.1. The van der Waals surface area contributed by atoms with E-state index in [1.807, 2.05) is 30.3 Å². The van der Waals surface area contributed by atoms with Gasteiger partial charge in [0.15, 0.2) is 5.15 Å². The van der Waals surface area contributed by atoms with Crippen LogP contribution < -0.4 is 0 Å². The van der Waals surface area contributed by atoms with Crippen LogP contribution in [0.5, 0.6) is 5.75 Å². The highest BCUT2D eigenvalue weighted by Crippen LogP contribution is 2.38. The van der Waals surface area contributed by atoms with Gasteiger partial charge in [-0.25, -0.2) is 9.97 Å². The summed E-state index contributed by atoms with van der Waals surface area (Å²) in [6, 6.07) is 11.1. The minimum absolute atomic E-state index is 0.109. The fraction of sp³-hybridized carbons (Fsp3) is 0. The van der Waals surface area contributed by atoms with E-state index in [0.717, 1.165) is 10.8 Å². The summed E-state index contributed by atoms with van der Waals surface area (Å²) in [7, 11) is 0. The summed E-state index contributed by atoms with van der Waals surface area (Å²) < 4.78 is 0. The number of halogens is 2. The molecule has 0 aliphatic carbocycles. The van der Waals surface area contributed by atoms with Crippen molar-refractivity contribution in [2.24, 2.45) is 0 Å². The number of phenolic OH excluding ortho intramolecular Hbond substituents is 1. The van der Waals surface area contributed by atoms with Crippen molar-refractivity contribution >= 4 is 34.0 Å². The lowest BCUT2D eigenvalue weighted by Gasteiger charge is -2.09. The number of benzene rings is 2. The summed E-state index contributed by atoms with van der Waals surface area (Å²) in [5.74, 6) is 0.109. The number of phenols is 1. The van der Waals surface area contributed by atoms with E-state index in [0.29, 0.717) is 11.3 Å². The van der Waals surface area contributed by atoms with Crippen LogP contribution in [-0.4, -0.2) is 15.1 Å². The first-order chi connectivity index (χ1) is 9.16. The first-order valence-corrected chi connectivity index (χ1v) is 6.31. The first-order valence-electron chi connectivity index (χ1n) is 5.56. The number of hydrogen-bond donors (Lipinski definition) is 1. The molecule has 94 valence electrons. The molecule has 0 aliphatic heterocycles. The molecule has 1 aromatic heterocycles. The van der Waals surface area contributed by atoms with Crippen LogP contribution in [0.2, 0.25) is 10.3 Å². The van der Waals surface area contributed by atoms with E-state index in [4.69, 9.17) is 23.2 Å². The monoisotopic (exact) mass is 290 g/mol. The molecule has 0 atom stereocenters. The Morgan fingerprint density at radius 1 is 1.00 bits per heavy atom. The van der Waals surface area contributed by atoms with Crippen molar-refractivity contribution in [2.45, 2.75) is 0 Å². The quantitative estimate of drug-likeness (QED) is 0.726. The molecule has 0 saturated carbocycles. The van der Waals surface area contributed by atoms with Crippen molar-refractivity contribution < 1.29 is 5.11 Å². The predicted molar refractivity (Wildman–Crippen MR) is 76.7 cm³/mol. The Morgan fingerprint density at radius 3 is 2.58 bits per heavy atom. The molecule has 0 bridgehead atoms. The minimum atomic E-state index is 0.109. The standard InChI is InChI=1S/C14H8Cl2N2O/c15-11-7-17-13(14(16)18-11)12-9-4-2-1-3-8(9)5-6-10(12)19/h1-7,19H. The summed E-state index contributed by atoms with van der Waals surface area (Å²) in [5, 5.41) is 12.3. The summed E-state index contributed by atoms with van der Waals surface area (Å²) in [6.45, 7) is 0. The van der Waals surface area contributed by atoms with E-state index in [-0.39, 0.29) is 16.1 Å². The van der Waals surface area contributed by atoms with Gasteiger partial charge in [-0.1, -0.05) is 53.5 Å². The Morgan fingerprint density at radius 2 is 1.79 bits per heavy atom. The topological polar surface area (TPSA) is 46.0 Å². The molecule has 0 spiro atoms. The Balaban J connectivity index is 2.38. The average molecular weight is 291 g/mol. The van der Waals surface area contributed by atoms with Crippen LogP contribution in [0.3, 0.4) is 0 Å². The Labute approximate surface area is 119 Å². The van der Waals surface area contributed by atoms with Gasteiger partial charge in [0.1, 0.15) is 16.6 Å². The smallest absolute Gasteiger partial charge is 0.157 e. The summed E-state index contributed by atoms with van der Waals surface area (Å²) in [5.41, 5.74) is 0.979. The SMILES string of the molecule is Oc1ccc2ccccc2c1-c1ncc(Cl)nc1Cl. The van der Waals surface area contributed by atoms with Crippen LogP contribution in [-0.2, 0) is 0 Å². The third-order valence-electron chi connectivity index (χ3n) is 2.84. The molecular formula is C14H8Cl2N2O. The third-order valence-corrected chi connectivity index (χ3v) is 3.29. The highest BCUT2D eigenvalue weighted by molar-refractivity contribution is 6.34. The second kappa shape index (κ2) is 4.68. The molecular weight excluding hydrogens is 283 g/mol. The molecule has 0 aliphatic rings. The summed E-state index contributed by atoms with van der Waals surface area (Å²) in [4.78, 5) is 8.13. The molecule has 2 aromatic carbocycles. The van der Waals surface area contributed by atoms with Gasteiger partial charge in [0, 0.05) is 0 Å². The van der Waals surface area contributed by atoms with Gasteiger partial charge >= 0.3 is 0 Å². The van der Waals surface area contributed by atoms with E-state index in [1.54, 1.807) is 6.07 Å². The maximum absolute atomic E-state index is 10.1. The predicted octanol–water partition coefficient (Wildman–Crippen LogP) is 4.31. The Bertz CT molecular complexity index is 774. The number of hydrogen-bond acceptors (Lipinski definition) is 3. The van der Waals surface area contributed by atoms with Crippen molar-refractivity contribution in [1.29, 1.82) is 0 Å². The number of aromatic nitrogens is 2. The minimum Gasteiger partial charge on any atom is -0.507 e. The molecule has 3 aromatic rings. The van der Waals surface area contributed by atoms with Gasteiger partial charge in [0.25, 0.3) is 0 Å². The fourth-order valence-corrected chi connectivity index (χ4v) is 2.43. The highest BCUT2D eigenvalue weighted by atomic mass is 35.5. The number of aromatic hydroxyl groups is 1. The summed E-state index contributed by atoms with van der Waals surface area (Å²) >= 11 is 11.8. The van der Waals surface area contributed by atoms with Crippen LogP contribution in [0, 0.1) is 0 Å². The van der Waals surface area contributed by atoms with Gasteiger partial charge in [-0.05, 0) is 16.8 Å². The van der Waals surface area contributed by atoms with Gasteiger partial charge in [-0.2, -0.15) is 0 Å². The van der Waals surface area contributed by atoms with Crippen LogP contribution in [0.25, 0.3) is 22.0 Å². The van der Waals surface area contributed by atoms with Gasteiger partial charge in [0.05, 0.1) is 11.8 Å². The molecule has 3 rings (SSSR count). The molecule has 0 saturated heterocycles. The fourth-order valence-electron chi connectivity index (χ4n) is 2.02. The lowest BCUT2D eigenvalue weighted by atomic mass is 10.0. The lowest BCUT2D eigenvalue weighted by molar-refractivity contribution is 0.478. The second-order valence-corrected chi connectivity index (χ2v) is 4.76.